The van der Waals surface area contributed by atoms with Crippen LogP contribution in [0.1, 0.15) is 22.1 Å². The van der Waals surface area contributed by atoms with Crippen LogP contribution >= 0.6 is 11.8 Å². The fourth-order valence-electron chi connectivity index (χ4n) is 3.67. The number of carbonyl (C=O) groups excluding carboxylic acids is 1. The lowest BCUT2D eigenvalue weighted by Gasteiger charge is -2.10. The van der Waals surface area contributed by atoms with E-state index in [9.17, 15) is 4.79 Å². The monoisotopic (exact) mass is 512 g/mol. The van der Waals surface area contributed by atoms with E-state index in [1.165, 1.54) is 18.0 Å². The first kappa shape index (κ1) is 24.3. The van der Waals surface area contributed by atoms with E-state index in [4.69, 9.17) is 9.15 Å². The number of amides is 1. The summed E-state index contributed by atoms with van der Waals surface area (Å²) in [5, 5.41) is 12.4. The minimum Gasteiger partial charge on any atom is -0.497 e. The first-order valence-electron chi connectivity index (χ1n) is 11.6. The number of thioether (sulfide) groups is 1. The smallest absolute Gasteiger partial charge is 0.273 e. The molecule has 2 aromatic carbocycles. The summed E-state index contributed by atoms with van der Waals surface area (Å²) < 4.78 is 12.9. The van der Waals surface area contributed by atoms with Crippen molar-refractivity contribution in [3.63, 3.8) is 0 Å². The largest absolute Gasteiger partial charge is 0.497 e. The third kappa shape index (κ3) is 5.87. The Morgan fingerprint density at radius 2 is 1.92 bits per heavy atom. The van der Waals surface area contributed by atoms with Crippen molar-refractivity contribution in [3.8, 4) is 22.8 Å². The maximum absolute atomic E-state index is 12.5. The number of rotatable bonds is 10. The number of hydrogen-bond acceptors (Lipinski definition) is 8. The highest BCUT2D eigenvalue weighted by Crippen LogP contribution is 2.31. The second kappa shape index (κ2) is 11.5. The number of nitrogens with one attached hydrogen (secondary N) is 1. The number of oxazole rings is 1. The maximum atomic E-state index is 12.5. The molecule has 0 fully saturated rings. The standard InChI is InChI=1S/C27H24N6O3S/c1-35-22-12-7-8-19(16-22)25-31-32-27(33(25)21-10-3-2-4-11-21)37-18-24-30-23(17-36-24)26(34)29-15-13-20-9-5-6-14-28-20/h2-12,14,16-17H,13,15,18H2,1H3,(H,29,34). The summed E-state index contributed by atoms with van der Waals surface area (Å²) in [5.74, 6) is 1.94. The van der Waals surface area contributed by atoms with E-state index in [2.05, 4.69) is 25.5 Å². The van der Waals surface area contributed by atoms with Gasteiger partial charge < -0.3 is 14.5 Å². The zero-order chi connectivity index (χ0) is 25.5. The topological polar surface area (TPSA) is 108 Å². The van der Waals surface area contributed by atoms with E-state index in [1.807, 2.05) is 77.4 Å². The van der Waals surface area contributed by atoms with Gasteiger partial charge in [0.25, 0.3) is 5.91 Å². The summed E-state index contributed by atoms with van der Waals surface area (Å²) in [6.07, 6.45) is 3.74. The molecule has 0 aliphatic rings. The summed E-state index contributed by atoms with van der Waals surface area (Å²) in [5.41, 5.74) is 2.95. The van der Waals surface area contributed by atoms with Crippen molar-refractivity contribution >= 4 is 17.7 Å². The van der Waals surface area contributed by atoms with Crippen LogP contribution in [0.4, 0.5) is 0 Å². The van der Waals surface area contributed by atoms with Crippen molar-refractivity contribution in [2.45, 2.75) is 17.3 Å². The van der Waals surface area contributed by atoms with Crippen LogP contribution in [0.5, 0.6) is 5.75 Å². The molecule has 186 valence electrons. The molecule has 0 saturated carbocycles. The van der Waals surface area contributed by atoms with Gasteiger partial charge in [-0.1, -0.05) is 48.2 Å². The minimum atomic E-state index is -0.288. The first-order valence-corrected chi connectivity index (χ1v) is 12.6. The highest BCUT2D eigenvalue weighted by molar-refractivity contribution is 7.98. The number of carbonyl (C=O) groups is 1. The third-order valence-corrected chi connectivity index (χ3v) is 6.39. The average molecular weight is 513 g/mol. The van der Waals surface area contributed by atoms with Crippen LogP contribution in [0.3, 0.4) is 0 Å². The molecule has 5 aromatic rings. The molecule has 37 heavy (non-hydrogen) atoms. The van der Waals surface area contributed by atoms with Gasteiger partial charge in [0, 0.05) is 36.1 Å². The number of benzene rings is 2. The van der Waals surface area contributed by atoms with E-state index < -0.39 is 0 Å². The quantitative estimate of drug-likeness (QED) is 0.271. The van der Waals surface area contributed by atoms with Crippen LogP contribution in [-0.4, -0.2) is 44.3 Å². The molecular formula is C27H24N6O3S. The summed E-state index contributed by atoms with van der Waals surface area (Å²) in [6, 6.07) is 23.3. The molecule has 1 amide bonds. The van der Waals surface area contributed by atoms with E-state index in [0.29, 0.717) is 35.6 Å². The van der Waals surface area contributed by atoms with Crippen LogP contribution < -0.4 is 10.1 Å². The molecule has 5 rings (SSSR count). The van der Waals surface area contributed by atoms with Gasteiger partial charge in [-0.15, -0.1) is 10.2 Å². The predicted octanol–water partition coefficient (Wildman–Crippen LogP) is 4.59. The zero-order valence-electron chi connectivity index (χ0n) is 20.1. The Morgan fingerprint density at radius 3 is 2.73 bits per heavy atom. The van der Waals surface area contributed by atoms with E-state index >= 15 is 0 Å². The molecule has 0 saturated heterocycles. The van der Waals surface area contributed by atoms with Crippen molar-refractivity contribution < 1.29 is 13.9 Å². The number of methoxy groups -OCH3 is 1. The summed E-state index contributed by atoms with van der Waals surface area (Å²) in [4.78, 5) is 21.1. The van der Waals surface area contributed by atoms with Gasteiger partial charge in [0.2, 0.25) is 5.89 Å². The Balaban J connectivity index is 1.29. The van der Waals surface area contributed by atoms with Crippen LogP contribution in [0.25, 0.3) is 17.1 Å². The molecule has 0 radical (unpaired) electrons. The molecule has 0 bridgehead atoms. The van der Waals surface area contributed by atoms with Crippen molar-refractivity contribution in [2.75, 3.05) is 13.7 Å². The highest BCUT2D eigenvalue weighted by atomic mass is 32.2. The number of hydrogen-bond donors (Lipinski definition) is 1. The zero-order valence-corrected chi connectivity index (χ0v) is 20.9. The van der Waals surface area contributed by atoms with Gasteiger partial charge in [-0.2, -0.15) is 0 Å². The Hall–Kier alpha value is -4.44. The molecule has 0 spiro atoms. The highest BCUT2D eigenvalue weighted by Gasteiger charge is 2.18. The fourth-order valence-corrected chi connectivity index (χ4v) is 4.48. The SMILES string of the molecule is COc1cccc(-c2nnc(SCc3nc(C(=O)NCCc4ccccn4)co3)n2-c2ccccc2)c1. The normalized spacial score (nSPS) is 10.8. The number of para-hydroxylation sites is 1. The summed E-state index contributed by atoms with van der Waals surface area (Å²) in [6.45, 7) is 0.458. The lowest BCUT2D eigenvalue weighted by atomic mass is 10.2. The summed E-state index contributed by atoms with van der Waals surface area (Å²) >= 11 is 1.42. The third-order valence-electron chi connectivity index (χ3n) is 5.48. The van der Waals surface area contributed by atoms with Gasteiger partial charge in [-0.05, 0) is 36.4 Å². The predicted molar refractivity (Wildman–Crippen MR) is 140 cm³/mol. The van der Waals surface area contributed by atoms with Gasteiger partial charge >= 0.3 is 0 Å². The van der Waals surface area contributed by atoms with Gasteiger partial charge in [-0.3, -0.25) is 14.3 Å². The number of pyridine rings is 1. The van der Waals surface area contributed by atoms with Gasteiger partial charge in [-0.25, -0.2) is 4.98 Å². The van der Waals surface area contributed by atoms with Crippen molar-refractivity contribution in [3.05, 3.63) is 103 Å². The van der Waals surface area contributed by atoms with Crippen molar-refractivity contribution in [1.29, 1.82) is 0 Å². The molecule has 0 aliphatic carbocycles. The maximum Gasteiger partial charge on any atom is 0.273 e. The number of ether oxygens (including phenoxy) is 1. The molecular weight excluding hydrogens is 488 g/mol. The van der Waals surface area contributed by atoms with E-state index in [-0.39, 0.29) is 11.6 Å². The molecule has 0 unspecified atom stereocenters. The lowest BCUT2D eigenvalue weighted by Crippen LogP contribution is -2.26. The van der Waals surface area contributed by atoms with Crippen LogP contribution in [0.15, 0.2) is 94.8 Å². The molecule has 0 aliphatic heterocycles. The van der Waals surface area contributed by atoms with Gasteiger partial charge in [0.1, 0.15) is 12.0 Å². The number of nitrogens with zero attached hydrogens (tertiary/aromatic N) is 5. The molecule has 10 heteroatoms. The average Bonchev–Trinajstić information content (AvgIpc) is 3.60. The Morgan fingerprint density at radius 1 is 1.05 bits per heavy atom. The van der Waals surface area contributed by atoms with Gasteiger partial charge in [0.05, 0.1) is 12.9 Å². The van der Waals surface area contributed by atoms with Crippen molar-refractivity contribution in [1.82, 2.24) is 30.0 Å². The molecule has 9 nitrogen and oxygen atoms in total. The second-order valence-electron chi connectivity index (χ2n) is 7.95. The first-order chi connectivity index (χ1) is 18.2. The fraction of sp³-hybridized carbons (Fsp3) is 0.148. The van der Waals surface area contributed by atoms with Gasteiger partial charge in [0.15, 0.2) is 16.7 Å². The number of aromatic nitrogens is 5. The Bertz CT molecular complexity index is 1470. The van der Waals surface area contributed by atoms with Crippen LogP contribution in [-0.2, 0) is 12.2 Å². The Labute approximate surface area is 217 Å². The lowest BCUT2D eigenvalue weighted by molar-refractivity contribution is 0.0949. The molecule has 3 heterocycles. The van der Waals surface area contributed by atoms with Crippen LogP contribution in [0.2, 0.25) is 0 Å². The van der Waals surface area contributed by atoms with Crippen molar-refractivity contribution in [2.24, 2.45) is 0 Å². The van der Waals surface area contributed by atoms with Crippen LogP contribution in [0, 0.1) is 0 Å². The van der Waals surface area contributed by atoms with E-state index in [0.717, 1.165) is 22.7 Å². The van der Waals surface area contributed by atoms with E-state index in [1.54, 1.807) is 13.3 Å². The molecule has 1 N–H and O–H groups in total. The second-order valence-corrected chi connectivity index (χ2v) is 8.89. The Kier molecular flexibility index (Phi) is 7.56. The molecule has 0 atom stereocenters. The summed E-state index contributed by atoms with van der Waals surface area (Å²) in [7, 11) is 1.63. The molecule has 3 aromatic heterocycles. The minimum absolute atomic E-state index is 0.234.